The number of imidazole rings is 1. The van der Waals surface area contributed by atoms with E-state index in [0.29, 0.717) is 0 Å². The number of para-hydroxylation sites is 2. The molecule has 27 heavy (non-hydrogen) atoms. The first-order valence-corrected chi connectivity index (χ1v) is 9.65. The molecular formula is C19H17N7S. The summed E-state index contributed by atoms with van der Waals surface area (Å²) in [5.74, 6) is 2.56. The Bertz CT molecular complexity index is 1220. The summed E-state index contributed by atoms with van der Waals surface area (Å²) >= 11 is 1.63. The Balaban J connectivity index is 1.37. The lowest BCUT2D eigenvalue weighted by Gasteiger charge is -2.09. The minimum atomic E-state index is 0.734. The van der Waals surface area contributed by atoms with E-state index in [1.165, 1.54) is 0 Å². The highest BCUT2D eigenvalue weighted by molar-refractivity contribution is 7.08. The summed E-state index contributed by atoms with van der Waals surface area (Å²) in [7, 11) is 0. The van der Waals surface area contributed by atoms with Crippen LogP contribution >= 0.6 is 11.3 Å². The van der Waals surface area contributed by atoms with Crippen molar-refractivity contribution in [2.45, 2.75) is 13.5 Å². The van der Waals surface area contributed by atoms with E-state index in [4.69, 9.17) is 0 Å². The maximum Gasteiger partial charge on any atom is 0.186 e. The zero-order valence-electron chi connectivity index (χ0n) is 14.7. The van der Waals surface area contributed by atoms with Gasteiger partial charge in [0.25, 0.3) is 0 Å². The average Bonchev–Trinajstić information content (AvgIpc) is 3.40. The maximum absolute atomic E-state index is 4.66. The molecule has 0 saturated heterocycles. The lowest BCUT2D eigenvalue weighted by atomic mass is 10.3. The standard InChI is InChI=1S/C19H17N7S/c1-13-21-15-4-2-3-5-16(15)25(13)10-9-20-17-6-7-18-22-23-19(26(18)24-17)14-8-11-27-12-14/h2-8,11-12H,9-10H2,1H3,(H,20,24). The van der Waals surface area contributed by atoms with Gasteiger partial charge in [-0.25, -0.2) is 4.98 Å². The number of benzene rings is 1. The molecule has 0 saturated carbocycles. The van der Waals surface area contributed by atoms with Gasteiger partial charge < -0.3 is 9.88 Å². The number of thiophene rings is 1. The zero-order chi connectivity index (χ0) is 18.2. The molecule has 0 radical (unpaired) electrons. The number of aryl methyl sites for hydroxylation is 1. The highest BCUT2D eigenvalue weighted by Gasteiger charge is 2.10. The Morgan fingerprint density at radius 2 is 2.00 bits per heavy atom. The van der Waals surface area contributed by atoms with Crippen LogP contribution in [-0.2, 0) is 6.54 Å². The van der Waals surface area contributed by atoms with Gasteiger partial charge in [0, 0.05) is 24.0 Å². The summed E-state index contributed by atoms with van der Waals surface area (Å²) in [5.41, 5.74) is 3.94. The Morgan fingerprint density at radius 1 is 1.07 bits per heavy atom. The zero-order valence-corrected chi connectivity index (χ0v) is 15.5. The molecule has 134 valence electrons. The molecule has 0 bridgehead atoms. The number of anilines is 1. The second-order valence-corrected chi connectivity index (χ2v) is 7.03. The third kappa shape index (κ3) is 2.83. The van der Waals surface area contributed by atoms with Crippen LogP contribution in [0.25, 0.3) is 28.1 Å². The smallest absolute Gasteiger partial charge is 0.186 e. The van der Waals surface area contributed by atoms with Crippen molar-refractivity contribution in [3.63, 3.8) is 0 Å². The van der Waals surface area contributed by atoms with Gasteiger partial charge in [-0.3, -0.25) is 0 Å². The highest BCUT2D eigenvalue weighted by Crippen LogP contribution is 2.21. The summed E-state index contributed by atoms with van der Waals surface area (Å²) in [4.78, 5) is 4.61. The normalized spacial score (nSPS) is 11.4. The van der Waals surface area contributed by atoms with Gasteiger partial charge in [-0.05, 0) is 42.6 Å². The number of hydrogen-bond acceptors (Lipinski definition) is 6. The molecule has 1 aromatic carbocycles. The Hall–Kier alpha value is -3.26. The van der Waals surface area contributed by atoms with E-state index in [9.17, 15) is 0 Å². The quantitative estimate of drug-likeness (QED) is 0.508. The molecule has 1 N–H and O–H groups in total. The molecule has 0 aliphatic heterocycles. The van der Waals surface area contributed by atoms with Crippen molar-refractivity contribution in [2.24, 2.45) is 0 Å². The summed E-state index contributed by atoms with van der Waals surface area (Å²) in [6, 6.07) is 14.1. The number of nitrogens with one attached hydrogen (secondary N) is 1. The van der Waals surface area contributed by atoms with Crippen LogP contribution in [0.1, 0.15) is 5.82 Å². The van der Waals surface area contributed by atoms with Crippen molar-refractivity contribution in [1.29, 1.82) is 0 Å². The van der Waals surface area contributed by atoms with Gasteiger partial charge in [0.1, 0.15) is 11.6 Å². The molecule has 4 heterocycles. The van der Waals surface area contributed by atoms with Gasteiger partial charge in [0.05, 0.1) is 11.0 Å². The fraction of sp³-hybridized carbons (Fsp3) is 0.158. The molecule has 0 fully saturated rings. The molecule has 0 aliphatic rings. The van der Waals surface area contributed by atoms with Crippen LogP contribution in [0.3, 0.4) is 0 Å². The van der Waals surface area contributed by atoms with Crippen molar-refractivity contribution in [3.05, 3.63) is 59.0 Å². The molecule has 7 nitrogen and oxygen atoms in total. The van der Waals surface area contributed by atoms with E-state index in [1.807, 2.05) is 54.1 Å². The lowest BCUT2D eigenvalue weighted by Crippen LogP contribution is -2.13. The number of nitrogens with zero attached hydrogens (tertiary/aromatic N) is 6. The fourth-order valence-electron chi connectivity index (χ4n) is 3.23. The number of rotatable bonds is 5. The van der Waals surface area contributed by atoms with Gasteiger partial charge in [0.2, 0.25) is 0 Å². The molecule has 4 aromatic heterocycles. The Labute approximate surface area is 159 Å². The van der Waals surface area contributed by atoms with Crippen molar-refractivity contribution in [1.82, 2.24) is 29.4 Å². The molecule has 0 atom stereocenters. The van der Waals surface area contributed by atoms with Gasteiger partial charge in [0.15, 0.2) is 11.5 Å². The summed E-state index contributed by atoms with van der Waals surface area (Å²) in [6.07, 6.45) is 0. The monoisotopic (exact) mass is 375 g/mol. The molecule has 0 spiro atoms. The van der Waals surface area contributed by atoms with Crippen LogP contribution in [0, 0.1) is 6.92 Å². The molecule has 0 amide bonds. The van der Waals surface area contributed by atoms with Crippen LogP contribution in [0.2, 0.25) is 0 Å². The van der Waals surface area contributed by atoms with E-state index in [-0.39, 0.29) is 0 Å². The first-order chi connectivity index (χ1) is 13.3. The molecule has 8 heteroatoms. The Morgan fingerprint density at radius 3 is 2.89 bits per heavy atom. The minimum absolute atomic E-state index is 0.734. The number of aromatic nitrogens is 6. The van der Waals surface area contributed by atoms with Gasteiger partial charge in [-0.2, -0.15) is 15.9 Å². The van der Waals surface area contributed by atoms with Gasteiger partial charge in [-0.15, -0.1) is 15.3 Å². The van der Waals surface area contributed by atoms with Crippen LogP contribution < -0.4 is 5.32 Å². The van der Waals surface area contributed by atoms with Crippen molar-refractivity contribution in [2.75, 3.05) is 11.9 Å². The van der Waals surface area contributed by atoms with E-state index in [1.54, 1.807) is 15.9 Å². The van der Waals surface area contributed by atoms with Crippen molar-refractivity contribution < 1.29 is 0 Å². The number of hydrogen-bond donors (Lipinski definition) is 1. The van der Waals surface area contributed by atoms with Gasteiger partial charge in [-0.1, -0.05) is 12.1 Å². The number of fused-ring (bicyclic) bond motifs is 2. The predicted octanol–water partition coefficient (Wildman–Crippen LogP) is 3.62. The largest absolute Gasteiger partial charge is 0.367 e. The molecular weight excluding hydrogens is 358 g/mol. The summed E-state index contributed by atoms with van der Waals surface area (Å²) < 4.78 is 4.00. The molecule has 0 unspecified atom stereocenters. The first-order valence-electron chi connectivity index (χ1n) is 8.70. The second-order valence-electron chi connectivity index (χ2n) is 6.25. The van der Waals surface area contributed by atoms with Crippen molar-refractivity contribution in [3.8, 4) is 11.4 Å². The second kappa shape index (κ2) is 6.48. The highest BCUT2D eigenvalue weighted by atomic mass is 32.1. The topological polar surface area (TPSA) is 72.9 Å². The minimum Gasteiger partial charge on any atom is -0.367 e. The SMILES string of the molecule is Cc1nc2ccccc2n1CCNc1ccc2nnc(-c3ccsc3)n2n1. The van der Waals surface area contributed by atoms with Crippen LogP contribution in [0.5, 0.6) is 0 Å². The molecule has 5 aromatic rings. The maximum atomic E-state index is 4.66. The molecule has 5 rings (SSSR count). The summed E-state index contributed by atoms with van der Waals surface area (Å²) in [6.45, 7) is 3.59. The van der Waals surface area contributed by atoms with Gasteiger partial charge >= 0.3 is 0 Å². The van der Waals surface area contributed by atoms with Crippen molar-refractivity contribution >= 4 is 33.8 Å². The van der Waals surface area contributed by atoms with Crippen LogP contribution in [0.4, 0.5) is 5.82 Å². The lowest BCUT2D eigenvalue weighted by molar-refractivity contribution is 0.718. The predicted molar refractivity (Wildman–Crippen MR) is 107 cm³/mol. The third-order valence-corrected chi connectivity index (χ3v) is 5.21. The van der Waals surface area contributed by atoms with Crippen LogP contribution in [0.15, 0.2) is 53.2 Å². The van der Waals surface area contributed by atoms with E-state index < -0.39 is 0 Å². The van der Waals surface area contributed by atoms with E-state index in [2.05, 4.69) is 36.2 Å². The van der Waals surface area contributed by atoms with E-state index in [0.717, 1.165) is 52.8 Å². The average molecular weight is 375 g/mol. The van der Waals surface area contributed by atoms with Crippen LogP contribution in [-0.4, -0.2) is 35.9 Å². The first kappa shape index (κ1) is 16.0. The summed E-state index contributed by atoms with van der Waals surface area (Å²) in [5, 5.41) is 20.6. The fourth-order valence-corrected chi connectivity index (χ4v) is 3.86. The van der Waals surface area contributed by atoms with E-state index >= 15 is 0 Å². The Kier molecular flexibility index (Phi) is 3.83. The third-order valence-electron chi connectivity index (χ3n) is 4.53. The molecule has 0 aliphatic carbocycles.